The van der Waals surface area contributed by atoms with Gasteiger partial charge >= 0.3 is 5.70 Å². The smallest absolute Gasteiger partial charge is 0.304 e. The first-order chi connectivity index (χ1) is 5.11. The largest absolute Gasteiger partial charge is 0.354 e. The van der Waals surface area contributed by atoms with Crippen molar-refractivity contribution in [2.75, 3.05) is 0 Å². The van der Waals surface area contributed by atoms with Crippen LogP contribution < -0.4 is 0 Å². The van der Waals surface area contributed by atoms with Crippen LogP contribution in [0.5, 0.6) is 0 Å². The van der Waals surface area contributed by atoms with Crippen molar-refractivity contribution < 1.29 is 10.0 Å². The number of allylic oxidation sites excluding steroid dienone is 1. The molecule has 6 nitrogen and oxygen atoms in total. The van der Waals surface area contributed by atoms with Crippen molar-refractivity contribution in [2.45, 2.75) is 6.35 Å². The fourth-order valence-corrected chi connectivity index (χ4v) is 0.678. The van der Waals surface area contributed by atoms with Crippen LogP contribution in [0.15, 0.2) is 16.9 Å². The standard InChI is InChI=1S/C4H4ClN3O3/c5-7-2-3(8(10)11)1-6-4(7)9/h1-2,4,9H. The molecule has 60 valence electrons. The van der Waals surface area contributed by atoms with Crippen LogP contribution in [0.25, 0.3) is 0 Å². The maximum absolute atomic E-state index is 10.1. The van der Waals surface area contributed by atoms with Gasteiger partial charge in [-0.15, -0.1) is 0 Å². The number of aliphatic imine (C=N–C) groups is 1. The van der Waals surface area contributed by atoms with Crippen LogP contribution in [0, 0.1) is 10.1 Å². The molecule has 0 spiro atoms. The minimum Gasteiger partial charge on any atom is -0.354 e. The third-order valence-electron chi connectivity index (χ3n) is 1.03. The Kier molecular flexibility index (Phi) is 2.06. The molecular weight excluding hydrogens is 174 g/mol. The molecule has 1 rings (SSSR count). The molecule has 1 aliphatic rings. The van der Waals surface area contributed by atoms with Gasteiger partial charge in [-0.05, 0) is 0 Å². The molecule has 1 aliphatic heterocycles. The summed E-state index contributed by atoms with van der Waals surface area (Å²) in [5, 5.41) is 18.9. The summed E-state index contributed by atoms with van der Waals surface area (Å²) < 4.78 is 0.720. The predicted molar refractivity (Wildman–Crippen MR) is 37.3 cm³/mol. The van der Waals surface area contributed by atoms with Gasteiger partial charge in [-0.25, -0.2) is 9.41 Å². The molecule has 0 aromatic heterocycles. The van der Waals surface area contributed by atoms with Gasteiger partial charge in [-0.3, -0.25) is 10.1 Å². The highest BCUT2D eigenvalue weighted by atomic mass is 35.5. The normalized spacial score (nSPS) is 23.3. The number of halogens is 1. The lowest BCUT2D eigenvalue weighted by atomic mass is 10.5. The average molecular weight is 178 g/mol. The maximum Gasteiger partial charge on any atom is 0.304 e. The fourth-order valence-electron chi connectivity index (χ4n) is 0.527. The molecule has 0 saturated heterocycles. The predicted octanol–water partition coefficient (Wildman–Crippen LogP) is -0.0794. The highest BCUT2D eigenvalue weighted by Crippen LogP contribution is 2.10. The van der Waals surface area contributed by atoms with Crippen LogP contribution >= 0.6 is 11.8 Å². The highest BCUT2D eigenvalue weighted by Gasteiger charge is 2.19. The zero-order chi connectivity index (χ0) is 8.43. The molecule has 7 heteroatoms. The molecule has 0 bridgehead atoms. The second kappa shape index (κ2) is 2.85. The van der Waals surface area contributed by atoms with E-state index in [2.05, 4.69) is 4.99 Å². The highest BCUT2D eigenvalue weighted by molar-refractivity contribution is 6.14. The van der Waals surface area contributed by atoms with Crippen LogP contribution in [0.3, 0.4) is 0 Å². The van der Waals surface area contributed by atoms with Crippen LogP contribution in [0.1, 0.15) is 0 Å². The monoisotopic (exact) mass is 177 g/mol. The van der Waals surface area contributed by atoms with E-state index in [1.165, 1.54) is 0 Å². The summed E-state index contributed by atoms with van der Waals surface area (Å²) in [6, 6.07) is 0. The van der Waals surface area contributed by atoms with Gasteiger partial charge in [-0.2, -0.15) is 0 Å². The Bertz CT molecular complexity index is 239. The molecule has 0 radical (unpaired) electrons. The van der Waals surface area contributed by atoms with Crippen molar-refractivity contribution in [1.82, 2.24) is 4.42 Å². The molecule has 1 N–H and O–H groups in total. The molecule has 0 aliphatic carbocycles. The van der Waals surface area contributed by atoms with Gasteiger partial charge < -0.3 is 5.11 Å². The number of aliphatic hydroxyl groups excluding tert-OH is 1. The van der Waals surface area contributed by atoms with Crippen molar-refractivity contribution in [3.8, 4) is 0 Å². The molecule has 0 saturated carbocycles. The number of nitrogens with zero attached hydrogens (tertiary/aromatic N) is 3. The van der Waals surface area contributed by atoms with E-state index < -0.39 is 11.3 Å². The van der Waals surface area contributed by atoms with Crippen LogP contribution in [-0.4, -0.2) is 27.0 Å². The van der Waals surface area contributed by atoms with Gasteiger partial charge in [-0.1, -0.05) is 0 Å². The van der Waals surface area contributed by atoms with Crippen LogP contribution in [0.4, 0.5) is 0 Å². The summed E-state index contributed by atoms with van der Waals surface area (Å²) in [6.07, 6.45) is 0.698. The molecule has 0 aromatic rings. The van der Waals surface area contributed by atoms with Crippen molar-refractivity contribution >= 4 is 18.0 Å². The first kappa shape index (κ1) is 7.96. The van der Waals surface area contributed by atoms with E-state index in [4.69, 9.17) is 16.9 Å². The van der Waals surface area contributed by atoms with Crippen LogP contribution in [0.2, 0.25) is 0 Å². The van der Waals surface area contributed by atoms with Crippen molar-refractivity contribution in [1.29, 1.82) is 0 Å². The summed E-state index contributed by atoms with van der Waals surface area (Å²) in [7, 11) is 0. The summed E-state index contributed by atoms with van der Waals surface area (Å²) >= 11 is 5.29. The number of hydrogen-bond donors (Lipinski definition) is 1. The molecule has 0 amide bonds. The maximum atomic E-state index is 10.1. The molecule has 11 heavy (non-hydrogen) atoms. The second-order valence-electron chi connectivity index (χ2n) is 1.78. The van der Waals surface area contributed by atoms with E-state index in [9.17, 15) is 10.1 Å². The summed E-state index contributed by atoms with van der Waals surface area (Å²) in [6.45, 7) is 0. The Morgan fingerprint density at radius 2 is 2.55 bits per heavy atom. The van der Waals surface area contributed by atoms with E-state index in [-0.39, 0.29) is 5.70 Å². The topological polar surface area (TPSA) is 79.0 Å². The number of aliphatic hydroxyl groups is 1. The number of nitro groups is 1. The van der Waals surface area contributed by atoms with Gasteiger partial charge in [0, 0.05) is 11.8 Å². The van der Waals surface area contributed by atoms with E-state index in [1.54, 1.807) is 0 Å². The zero-order valence-corrected chi connectivity index (χ0v) is 5.97. The Balaban J connectivity index is 2.80. The summed E-state index contributed by atoms with van der Waals surface area (Å²) in [4.78, 5) is 12.8. The lowest BCUT2D eigenvalue weighted by molar-refractivity contribution is -0.415. The van der Waals surface area contributed by atoms with E-state index in [1.807, 2.05) is 0 Å². The van der Waals surface area contributed by atoms with Gasteiger partial charge in [0.2, 0.25) is 6.35 Å². The minimum absolute atomic E-state index is 0.259. The Morgan fingerprint density at radius 3 is 3.00 bits per heavy atom. The number of hydrogen-bond acceptors (Lipinski definition) is 5. The van der Waals surface area contributed by atoms with E-state index >= 15 is 0 Å². The van der Waals surface area contributed by atoms with Crippen molar-refractivity contribution in [2.24, 2.45) is 4.99 Å². The Morgan fingerprint density at radius 1 is 1.91 bits per heavy atom. The molecule has 1 heterocycles. The fraction of sp³-hybridized carbons (Fsp3) is 0.250. The first-order valence-corrected chi connectivity index (χ1v) is 2.96. The summed E-state index contributed by atoms with van der Waals surface area (Å²) in [5.74, 6) is 0. The molecule has 1 unspecified atom stereocenters. The van der Waals surface area contributed by atoms with Gasteiger partial charge in [0.15, 0.2) is 0 Å². The third-order valence-corrected chi connectivity index (χ3v) is 1.30. The lowest BCUT2D eigenvalue weighted by Crippen LogP contribution is -2.25. The van der Waals surface area contributed by atoms with E-state index in [0.717, 1.165) is 16.8 Å². The minimum atomic E-state index is -1.24. The van der Waals surface area contributed by atoms with Crippen molar-refractivity contribution in [3.05, 3.63) is 22.0 Å². The molecular formula is C4H4ClN3O3. The zero-order valence-electron chi connectivity index (χ0n) is 5.22. The van der Waals surface area contributed by atoms with E-state index in [0.29, 0.717) is 0 Å². The second-order valence-corrected chi connectivity index (χ2v) is 2.17. The lowest BCUT2D eigenvalue weighted by Gasteiger charge is -2.15. The van der Waals surface area contributed by atoms with Crippen molar-refractivity contribution in [3.63, 3.8) is 0 Å². The third kappa shape index (κ3) is 1.66. The quantitative estimate of drug-likeness (QED) is 0.345. The summed E-state index contributed by atoms with van der Waals surface area (Å²) in [5.41, 5.74) is -0.259. The Labute approximate surface area is 66.7 Å². The van der Waals surface area contributed by atoms with Gasteiger partial charge in [0.1, 0.15) is 12.4 Å². The first-order valence-electron chi connectivity index (χ1n) is 2.63. The van der Waals surface area contributed by atoms with Crippen LogP contribution in [-0.2, 0) is 0 Å². The molecule has 0 fully saturated rings. The van der Waals surface area contributed by atoms with Gasteiger partial charge in [0.05, 0.1) is 4.92 Å². The Hall–Kier alpha value is -1.14. The SMILES string of the molecule is O=[N+]([O-])C1=CN(Cl)C(O)N=C1. The molecule has 1 atom stereocenters. The molecule has 0 aromatic carbocycles. The average Bonchev–Trinajstić information content (AvgIpc) is 1.94. The number of rotatable bonds is 1. The van der Waals surface area contributed by atoms with Gasteiger partial charge in [0.25, 0.3) is 0 Å².